The molecule has 1 amide bonds. The van der Waals surface area contributed by atoms with Crippen molar-refractivity contribution < 1.29 is 4.79 Å². The summed E-state index contributed by atoms with van der Waals surface area (Å²) in [6.07, 6.45) is 0. The van der Waals surface area contributed by atoms with E-state index in [0.29, 0.717) is 6.54 Å². The van der Waals surface area contributed by atoms with Gasteiger partial charge in [0, 0.05) is 18.8 Å². The molecular formula is C12H18N2O. The maximum absolute atomic E-state index is 11.6. The summed E-state index contributed by atoms with van der Waals surface area (Å²) in [5, 5.41) is 3.09. The van der Waals surface area contributed by atoms with E-state index in [4.69, 9.17) is 0 Å². The predicted octanol–water partition coefficient (Wildman–Crippen LogP) is 1.97. The third kappa shape index (κ3) is 3.62. The Balaban J connectivity index is 2.41. The van der Waals surface area contributed by atoms with E-state index < -0.39 is 0 Å². The average molecular weight is 206 g/mol. The van der Waals surface area contributed by atoms with Crippen LogP contribution in [0.5, 0.6) is 0 Å². The lowest BCUT2D eigenvalue weighted by atomic mass is 10.3. The SMILES string of the molecule is CC(C)N(C)C(=O)CNc1ccccc1. The Morgan fingerprint density at radius 3 is 2.47 bits per heavy atom. The summed E-state index contributed by atoms with van der Waals surface area (Å²) < 4.78 is 0. The van der Waals surface area contributed by atoms with E-state index in [9.17, 15) is 4.79 Å². The molecule has 0 atom stereocenters. The highest BCUT2D eigenvalue weighted by Crippen LogP contribution is 2.04. The Bertz CT molecular complexity index is 309. The van der Waals surface area contributed by atoms with Gasteiger partial charge in [0.2, 0.25) is 5.91 Å². The van der Waals surface area contributed by atoms with Gasteiger partial charge in [-0.1, -0.05) is 18.2 Å². The Hall–Kier alpha value is -1.51. The maximum Gasteiger partial charge on any atom is 0.241 e. The van der Waals surface area contributed by atoms with Gasteiger partial charge in [0.1, 0.15) is 0 Å². The number of para-hydroxylation sites is 1. The lowest BCUT2D eigenvalue weighted by Gasteiger charge is -2.21. The standard InChI is InChI=1S/C12H18N2O/c1-10(2)14(3)12(15)9-13-11-7-5-4-6-8-11/h4-8,10,13H,9H2,1-3H3. The Kier molecular flexibility index (Phi) is 4.16. The van der Waals surface area contributed by atoms with E-state index in [1.807, 2.05) is 51.2 Å². The first-order valence-electron chi connectivity index (χ1n) is 5.16. The van der Waals surface area contributed by atoms with Crippen LogP contribution in [0.3, 0.4) is 0 Å². The molecule has 15 heavy (non-hydrogen) atoms. The average Bonchev–Trinajstić information content (AvgIpc) is 2.26. The van der Waals surface area contributed by atoms with Crippen LogP contribution in [-0.2, 0) is 4.79 Å². The normalized spacial score (nSPS) is 10.1. The molecule has 0 saturated carbocycles. The van der Waals surface area contributed by atoms with Crippen LogP contribution in [0.25, 0.3) is 0 Å². The van der Waals surface area contributed by atoms with Crippen molar-refractivity contribution in [2.45, 2.75) is 19.9 Å². The van der Waals surface area contributed by atoms with Gasteiger partial charge in [0.15, 0.2) is 0 Å². The predicted molar refractivity (Wildman–Crippen MR) is 62.8 cm³/mol. The van der Waals surface area contributed by atoms with Crippen LogP contribution >= 0.6 is 0 Å². The Labute approximate surface area is 91.1 Å². The summed E-state index contributed by atoms with van der Waals surface area (Å²) in [7, 11) is 1.82. The first-order chi connectivity index (χ1) is 7.11. The van der Waals surface area contributed by atoms with Gasteiger partial charge < -0.3 is 10.2 Å². The molecule has 82 valence electrons. The number of nitrogens with one attached hydrogen (secondary N) is 1. The molecule has 0 bridgehead atoms. The highest BCUT2D eigenvalue weighted by molar-refractivity contribution is 5.80. The first kappa shape index (κ1) is 11.6. The van der Waals surface area contributed by atoms with Gasteiger partial charge in [-0.3, -0.25) is 4.79 Å². The number of carbonyl (C=O) groups excluding carboxylic acids is 1. The van der Waals surface area contributed by atoms with Crippen LogP contribution in [0.1, 0.15) is 13.8 Å². The molecule has 0 unspecified atom stereocenters. The number of rotatable bonds is 4. The van der Waals surface area contributed by atoms with Gasteiger partial charge in [0.25, 0.3) is 0 Å². The quantitative estimate of drug-likeness (QED) is 0.816. The second-order valence-electron chi connectivity index (χ2n) is 3.82. The highest BCUT2D eigenvalue weighted by atomic mass is 16.2. The van der Waals surface area contributed by atoms with Gasteiger partial charge in [-0.25, -0.2) is 0 Å². The Morgan fingerprint density at radius 1 is 1.33 bits per heavy atom. The topological polar surface area (TPSA) is 32.3 Å². The van der Waals surface area contributed by atoms with E-state index in [0.717, 1.165) is 5.69 Å². The summed E-state index contributed by atoms with van der Waals surface area (Å²) >= 11 is 0. The number of anilines is 1. The molecule has 0 aliphatic rings. The largest absolute Gasteiger partial charge is 0.376 e. The molecule has 1 N–H and O–H groups in total. The number of amides is 1. The van der Waals surface area contributed by atoms with E-state index in [-0.39, 0.29) is 11.9 Å². The van der Waals surface area contributed by atoms with E-state index >= 15 is 0 Å². The summed E-state index contributed by atoms with van der Waals surface area (Å²) in [6.45, 7) is 4.35. The van der Waals surface area contributed by atoms with Gasteiger partial charge in [-0.2, -0.15) is 0 Å². The molecule has 0 aliphatic carbocycles. The van der Waals surface area contributed by atoms with Gasteiger partial charge in [-0.15, -0.1) is 0 Å². The fraction of sp³-hybridized carbons (Fsp3) is 0.417. The van der Waals surface area contributed by atoms with Crippen LogP contribution < -0.4 is 5.32 Å². The minimum Gasteiger partial charge on any atom is -0.376 e. The second-order valence-corrected chi connectivity index (χ2v) is 3.82. The van der Waals surface area contributed by atoms with Crippen molar-refractivity contribution in [2.24, 2.45) is 0 Å². The Morgan fingerprint density at radius 2 is 1.93 bits per heavy atom. The summed E-state index contributed by atoms with van der Waals surface area (Å²) in [5.41, 5.74) is 0.975. The zero-order chi connectivity index (χ0) is 11.3. The fourth-order valence-electron chi connectivity index (χ4n) is 1.15. The minimum absolute atomic E-state index is 0.105. The number of hydrogen-bond acceptors (Lipinski definition) is 2. The van der Waals surface area contributed by atoms with Gasteiger partial charge in [-0.05, 0) is 26.0 Å². The van der Waals surface area contributed by atoms with Crippen molar-refractivity contribution in [3.63, 3.8) is 0 Å². The zero-order valence-electron chi connectivity index (χ0n) is 9.53. The monoisotopic (exact) mass is 206 g/mol. The van der Waals surface area contributed by atoms with Crippen LogP contribution in [-0.4, -0.2) is 30.4 Å². The van der Waals surface area contributed by atoms with E-state index in [1.54, 1.807) is 4.90 Å². The van der Waals surface area contributed by atoms with Crippen molar-refractivity contribution in [1.82, 2.24) is 4.90 Å². The molecule has 1 aromatic rings. The molecule has 3 nitrogen and oxygen atoms in total. The van der Waals surface area contributed by atoms with E-state index in [2.05, 4.69) is 5.32 Å². The summed E-state index contributed by atoms with van der Waals surface area (Å²) in [5.74, 6) is 0.105. The minimum atomic E-state index is 0.105. The number of likely N-dealkylation sites (N-methyl/N-ethyl adjacent to an activating group) is 1. The van der Waals surface area contributed by atoms with Crippen LogP contribution in [0.15, 0.2) is 30.3 Å². The molecule has 0 saturated heterocycles. The lowest BCUT2D eigenvalue weighted by molar-refractivity contribution is -0.129. The number of carbonyl (C=O) groups is 1. The van der Waals surface area contributed by atoms with Crippen molar-refractivity contribution in [3.8, 4) is 0 Å². The number of hydrogen-bond donors (Lipinski definition) is 1. The first-order valence-corrected chi connectivity index (χ1v) is 5.16. The summed E-state index contributed by atoms with van der Waals surface area (Å²) in [6, 6.07) is 9.98. The second kappa shape index (κ2) is 5.39. The molecular weight excluding hydrogens is 188 g/mol. The van der Waals surface area contributed by atoms with Crippen molar-refractivity contribution in [1.29, 1.82) is 0 Å². The van der Waals surface area contributed by atoms with Gasteiger partial charge >= 0.3 is 0 Å². The molecule has 1 aromatic carbocycles. The van der Waals surface area contributed by atoms with Crippen LogP contribution in [0, 0.1) is 0 Å². The van der Waals surface area contributed by atoms with Crippen molar-refractivity contribution >= 4 is 11.6 Å². The van der Waals surface area contributed by atoms with Crippen LogP contribution in [0.4, 0.5) is 5.69 Å². The molecule has 0 fully saturated rings. The molecule has 1 rings (SSSR count). The third-order valence-electron chi connectivity index (χ3n) is 2.39. The third-order valence-corrected chi connectivity index (χ3v) is 2.39. The van der Waals surface area contributed by atoms with Crippen molar-refractivity contribution in [2.75, 3.05) is 18.9 Å². The van der Waals surface area contributed by atoms with Crippen LogP contribution in [0.2, 0.25) is 0 Å². The number of benzene rings is 1. The molecule has 0 aromatic heterocycles. The summed E-state index contributed by atoms with van der Waals surface area (Å²) in [4.78, 5) is 13.4. The molecule has 0 heterocycles. The van der Waals surface area contributed by atoms with Gasteiger partial charge in [0.05, 0.1) is 6.54 Å². The zero-order valence-corrected chi connectivity index (χ0v) is 9.53. The number of nitrogens with zero attached hydrogens (tertiary/aromatic N) is 1. The maximum atomic E-state index is 11.6. The molecule has 0 radical (unpaired) electrons. The lowest BCUT2D eigenvalue weighted by Crippen LogP contribution is -2.37. The van der Waals surface area contributed by atoms with E-state index in [1.165, 1.54) is 0 Å². The fourth-order valence-corrected chi connectivity index (χ4v) is 1.15. The smallest absolute Gasteiger partial charge is 0.241 e. The molecule has 3 heteroatoms. The van der Waals surface area contributed by atoms with Crippen molar-refractivity contribution in [3.05, 3.63) is 30.3 Å². The molecule has 0 aliphatic heterocycles. The highest BCUT2D eigenvalue weighted by Gasteiger charge is 2.10. The molecule has 0 spiro atoms.